The molecule has 0 saturated carbocycles. The predicted molar refractivity (Wildman–Crippen MR) is 160 cm³/mol. The number of ether oxygens (including phenoxy) is 1. The molecule has 9 nitrogen and oxygen atoms in total. The third kappa shape index (κ3) is 6.35. The van der Waals surface area contributed by atoms with Gasteiger partial charge in [0.2, 0.25) is 10.0 Å². The summed E-state index contributed by atoms with van der Waals surface area (Å²) in [6.07, 6.45) is 0. The van der Waals surface area contributed by atoms with Crippen molar-refractivity contribution in [1.82, 2.24) is 4.90 Å². The van der Waals surface area contributed by atoms with E-state index in [2.05, 4.69) is 10.6 Å². The number of hydrogen-bond donors (Lipinski definition) is 2. The summed E-state index contributed by atoms with van der Waals surface area (Å²) in [6.45, 7) is 4.54. The molecule has 4 rings (SSSR count). The summed E-state index contributed by atoms with van der Waals surface area (Å²) in [5, 5.41) is 6.26. The van der Waals surface area contributed by atoms with Crippen molar-refractivity contribution in [2.45, 2.75) is 13.8 Å². The molecule has 0 saturated heterocycles. The SMILES string of the molecule is CCOC(=O)c1ccc2c(c1)NC(=O)/C2=C(\Nc1ccc(N(CCN(C)C)S(=O)(=O)CC)cc1)c1ccccc1. The molecular weight excluding hydrogens is 528 g/mol. The number of sulfonamides is 1. The minimum absolute atomic E-state index is 0.00289. The van der Waals surface area contributed by atoms with Crippen LogP contribution in [0.25, 0.3) is 11.3 Å². The van der Waals surface area contributed by atoms with E-state index in [4.69, 9.17) is 4.74 Å². The van der Waals surface area contributed by atoms with Crippen LogP contribution in [0.15, 0.2) is 72.8 Å². The molecule has 1 amide bonds. The number of anilines is 3. The highest BCUT2D eigenvalue weighted by atomic mass is 32.2. The van der Waals surface area contributed by atoms with E-state index in [-0.39, 0.29) is 18.3 Å². The summed E-state index contributed by atoms with van der Waals surface area (Å²) >= 11 is 0. The lowest BCUT2D eigenvalue weighted by Crippen LogP contribution is -2.37. The fourth-order valence-corrected chi connectivity index (χ4v) is 5.49. The molecular formula is C30H34N4O5S. The first-order valence-corrected chi connectivity index (χ1v) is 14.7. The first-order valence-electron chi connectivity index (χ1n) is 13.1. The minimum Gasteiger partial charge on any atom is -0.462 e. The van der Waals surface area contributed by atoms with Crippen LogP contribution in [0, 0.1) is 0 Å². The minimum atomic E-state index is -3.46. The number of esters is 1. The molecule has 0 aromatic heterocycles. The van der Waals surface area contributed by atoms with E-state index in [1.54, 1.807) is 56.3 Å². The van der Waals surface area contributed by atoms with Gasteiger partial charge in [-0.15, -0.1) is 0 Å². The van der Waals surface area contributed by atoms with Gasteiger partial charge in [-0.2, -0.15) is 0 Å². The average Bonchev–Trinajstić information content (AvgIpc) is 3.27. The van der Waals surface area contributed by atoms with Crippen molar-refractivity contribution >= 4 is 50.2 Å². The Morgan fingerprint density at radius 1 is 0.925 bits per heavy atom. The Morgan fingerprint density at radius 3 is 2.25 bits per heavy atom. The third-order valence-electron chi connectivity index (χ3n) is 6.46. The van der Waals surface area contributed by atoms with E-state index in [1.807, 2.05) is 49.3 Å². The maximum atomic E-state index is 13.3. The molecule has 3 aromatic carbocycles. The van der Waals surface area contributed by atoms with E-state index in [9.17, 15) is 18.0 Å². The zero-order chi connectivity index (χ0) is 28.9. The Morgan fingerprint density at radius 2 is 1.62 bits per heavy atom. The number of benzene rings is 3. The van der Waals surface area contributed by atoms with Gasteiger partial charge in [-0.1, -0.05) is 36.4 Å². The van der Waals surface area contributed by atoms with Gasteiger partial charge >= 0.3 is 5.97 Å². The van der Waals surface area contributed by atoms with Crippen molar-refractivity contribution in [2.75, 3.05) is 54.5 Å². The highest BCUT2D eigenvalue weighted by Crippen LogP contribution is 2.38. The van der Waals surface area contributed by atoms with Crippen LogP contribution in [-0.4, -0.2) is 64.7 Å². The standard InChI is InChI=1S/C30H34N4O5S/c1-5-39-30(36)22-12-17-25-26(20-22)32-29(35)27(25)28(21-10-8-7-9-11-21)31-23-13-15-24(16-14-23)34(19-18-33(3)4)40(37,38)6-2/h7-17,20,31H,5-6,18-19H2,1-4H3,(H,32,35)/b28-27-. The van der Waals surface area contributed by atoms with Gasteiger partial charge in [0.15, 0.2) is 0 Å². The van der Waals surface area contributed by atoms with Gasteiger partial charge in [0.1, 0.15) is 0 Å². The van der Waals surface area contributed by atoms with Crippen molar-refractivity contribution in [2.24, 2.45) is 0 Å². The smallest absolute Gasteiger partial charge is 0.338 e. The van der Waals surface area contributed by atoms with Crippen LogP contribution in [0.1, 0.15) is 35.3 Å². The number of rotatable bonds is 11. The molecule has 0 bridgehead atoms. The summed E-state index contributed by atoms with van der Waals surface area (Å²) in [5.41, 5.74) is 4.59. The van der Waals surface area contributed by atoms with Gasteiger partial charge in [0.25, 0.3) is 5.91 Å². The second-order valence-electron chi connectivity index (χ2n) is 9.50. The molecule has 1 aliphatic heterocycles. The molecule has 0 radical (unpaired) electrons. The van der Waals surface area contributed by atoms with Gasteiger partial charge in [-0.05, 0) is 69.9 Å². The number of hydrogen-bond acceptors (Lipinski definition) is 7. The molecule has 0 spiro atoms. The molecule has 210 valence electrons. The molecule has 0 fully saturated rings. The number of likely N-dealkylation sites (N-methyl/N-ethyl adjacent to an activating group) is 1. The molecule has 40 heavy (non-hydrogen) atoms. The number of fused-ring (bicyclic) bond motifs is 1. The zero-order valence-electron chi connectivity index (χ0n) is 23.1. The van der Waals surface area contributed by atoms with Crippen LogP contribution in [0.4, 0.5) is 17.1 Å². The van der Waals surface area contributed by atoms with Gasteiger partial charge in [0, 0.05) is 24.3 Å². The van der Waals surface area contributed by atoms with Crippen LogP contribution in [-0.2, 0) is 19.6 Å². The van der Waals surface area contributed by atoms with Crippen molar-refractivity contribution < 1.29 is 22.7 Å². The van der Waals surface area contributed by atoms with Crippen LogP contribution >= 0.6 is 0 Å². The lowest BCUT2D eigenvalue weighted by Gasteiger charge is -2.25. The summed E-state index contributed by atoms with van der Waals surface area (Å²) in [4.78, 5) is 27.4. The van der Waals surface area contributed by atoms with Crippen LogP contribution in [0.3, 0.4) is 0 Å². The number of amides is 1. The second kappa shape index (κ2) is 12.4. The van der Waals surface area contributed by atoms with Crippen molar-refractivity contribution in [1.29, 1.82) is 0 Å². The maximum Gasteiger partial charge on any atom is 0.338 e. The van der Waals surface area contributed by atoms with Gasteiger partial charge in [-0.25, -0.2) is 13.2 Å². The lowest BCUT2D eigenvalue weighted by atomic mass is 9.99. The van der Waals surface area contributed by atoms with Crippen molar-refractivity contribution in [3.05, 3.63) is 89.5 Å². The summed E-state index contributed by atoms with van der Waals surface area (Å²) in [7, 11) is 0.336. The summed E-state index contributed by atoms with van der Waals surface area (Å²) in [5.74, 6) is -0.761. The Balaban J connectivity index is 1.72. The quantitative estimate of drug-likeness (QED) is 0.261. The normalized spacial score (nSPS) is 14.0. The van der Waals surface area contributed by atoms with E-state index in [0.29, 0.717) is 52.5 Å². The van der Waals surface area contributed by atoms with Crippen LogP contribution in [0.2, 0.25) is 0 Å². The van der Waals surface area contributed by atoms with E-state index >= 15 is 0 Å². The topological polar surface area (TPSA) is 108 Å². The molecule has 3 aromatic rings. The first kappa shape index (κ1) is 28.8. The molecule has 10 heteroatoms. The highest BCUT2D eigenvalue weighted by molar-refractivity contribution is 7.92. The molecule has 0 atom stereocenters. The molecule has 0 aliphatic carbocycles. The predicted octanol–water partition coefficient (Wildman–Crippen LogP) is 4.51. The Kier molecular flexibility index (Phi) is 8.91. The largest absolute Gasteiger partial charge is 0.462 e. The molecule has 1 heterocycles. The molecule has 2 N–H and O–H groups in total. The Hall–Kier alpha value is -4.15. The van der Waals surface area contributed by atoms with Gasteiger partial charge in [0.05, 0.1) is 40.6 Å². The Bertz CT molecular complexity index is 1520. The van der Waals surface area contributed by atoms with Crippen LogP contribution in [0.5, 0.6) is 0 Å². The summed E-state index contributed by atoms with van der Waals surface area (Å²) in [6, 6.07) is 21.6. The molecule has 1 aliphatic rings. The number of nitrogens with zero attached hydrogens (tertiary/aromatic N) is 2. The van der Waals surface area contributed by atoms with Crippen molar-refractivity contribution in [3.63, 3.8) is 0 Å². The third-order valence-corrected chi connectivity index (χ3v) is 8.26. The number of carbonyl (C=O) groups excluding carboxylic acids is 2. The van der Waals surface area contributed by atoms with Gasteiger partial charge in [-0.3, -0.25) is 9.10 Å². The maximum absolute atomic E-state index is 13.3. The number of nitrogens with one attached hydrogen (secondary N) is 2. The van der Waals surface area contributed by atoms with E-state index in [1.165, 1.54) is 4.31 Å². The lowest BCUT2D eigenvalue weighted by molar-refractivity contribution is -0.110. The fraction of sp³-hybridized carbons (Fsp3) is 0.267. The number of carbonyl (C=O) groups is 2. The van der Waals surface area contributed by atoms with Gasteiger partial charge < -0.3 is 20.3 Å². The second-order valence-corrected chi connectivity index (χ2v) is 11.7. The fourth-order valence-electron chi connectivity index (χ4n) is 4.38. The van der Waals surface area contributed by atoms with E-state index < -0.39 is 16.0 Å². The highest BCUT2D eigenvalue weighted by Gasteiger charge is 2.29. The van der Waals surface area contributed by atoms with Crippen LogP contribution < -0.4 is 14.9 Å². The van der Waals surface area contributed by atoms with E-state index in [0.717, 1.165) is 5.56 Å². The zero-order valence-corrected chi connectivity index (χ0v) is 23.9. The average molecular weight is 563 g/mol. The Labute approximate surface area is 235 Å². The summed E-state index contributed by atoms with van der Waals surface area (Å²) < 4.78 is 32.1. The van der Waals surface area contributed by atoms with Crippen molar-refractivity contribution in [3.8, 4) is 0 Å². The monoisotopic (exact) mass is 562 g/mol. The first-order chi connectivity index (χ1) is 19.1. The molecule has 0 unspecified atom stereocenters.